The summed E-state index contributed by atoms with van der Waals surface area (Å²) in [6.07, 6.45) is 5.31. The molecular formula is C11H15ClN6O. The van der Waals surface area contributed by atoms with Gasteiger partial charge in [0, 0.05) is 25.4 Å². The van der Waals surface area contributed by atoms with E-state index < -0.39 is 0 Å². The van der Waals surface area contributed by atoms with Gasteiger partial charge in [-0.2, -0.15) is 15.0 Å². The van der Waals surface area contributed by atoms with E-state index in [4.69, 9.17) is 16.3 Å². The van der Waals surface area contributed by atoms with Gasteiger partial charge in [-0.15, -0.1) is 0 Å². The molecule has 0 amide bonds. The lowest BCUT2D eigenvalue weighted by molar-refractivity contribution is 0.312. The molecule has 0 aromatic carbocycles. The Balaban J connectivity index is 1.81. The van der Waals surface area contributed by atoms with Gasteiger partial charge in [0.15, 0.2) is 0 Å². The second-order valence-electron chi connectivity index (χ2n) is 3.71. The average Bonchev–Trinajstić information content (AvgIpc) is 2.87. The molecule has 2 aromatic rings. The molecule has 8 heteroatoms. The highest BCUT2D eigenvalue weighted by Gasteiger charge is 2.05. The molecule has 0 saturated heterocycles. The minimum atomic E-state index is 0.118. The van der Waals surface area contributed by atoms with Crippen molar-refractivity contribution in [1.82, 2.24) is 24.9 Å². The maximum Gasteiger partial charge on any atom is 0.322 e. The molecule has 0 atom stereocenters. The number of aromatic amines is 1. The normalized spacial score (nSPS) is 10.4. The van der Waals surface area contributed by atoms with E-state index in [1.165, 1.54) is 0 Å². The number of hydrogen-bond donors (Lipinski definition) is 2. The molecule has 0 bridgehead atoms. The van der Waals surface area contributed by atoms with Gasteiger partial charge in [-0.25, -0.2) is 4.98 Å². The predicted octanol–water partition coefficient (Wildman–Crippen LogP) is 1.69. The Morgan fingerprint density at radius 2 is 2.26 bits per heavy atom. The van der Waals surface area contributed by atoms with E-state index in [2.05, 4.69) is 30.2 Å². The number of halogens is 1. The van der Waals surface area contributed by atoms with E-state index in [9.17, 15) is 0 Å². The summed E-state index contributed by atoms with van der Waals surface area (Å²) in [6, 6.07) is 0.232. The maximum absolute atomic E-state index is 5.78. The van der Waals surface area contributed by atoms with Gasteiger partial charge in [0.05, 0.1) is 6.61 Å². The van der Waals surface area contributed by atoms with Crippen LogP contribution in [-0.4, -0.2) is 38.1 Å². The van der Waals surface area contributed by atoms with Crippen molar-refractivity contribution < 1.29 is 4.74 Å². The molecule has 0 spiro atoms. The van der Waals surface area contributed by atoms with Gasteiger partial charge in [-0.3, -0.25) is 0 Å². The number of hydrogen-bond acceptors (Lipinski definition) is 6. The molecule has 0 radical (unpaired) electrons. The fourth-order valence-corrected chi connectivity index (χ4v) is 1.65. The Kier molecular flexibility index (Phi) is 4.91. The molecule has 19 heavy (non-hydrogen) atoms. The molecule has 7 nitrogen and oxygen atoms in total. The lowest BCUT2D eigenvalue weighted by atomic mass is 10.3. The zero-order chi connectivity index (χ0) is 13.5. The van der Waals surface area contributed by atoms with Crippen molar-refractivity contribution in [2.45, 2.75) is 19.8 Å². The summed E-state index contributed by atoms with van der Waals surface area (Å²) in [4.78, 5) is 19.1. The van der Waals surface area contributed by atoms with Crippen LogP contribution in [0.1, 0.15) is 19.2 Å². The zero-order valence-electron chi connectivity index (χ0n) is 10.6. The van der Waals surface area contributed by atoms with E-state index in [1.54, 1.807) is 6.20 Å². The van der Waals surface area contributed by atoms with Crippen LogP contribution < -0.4 is 10.1 Å². The van der Waals surface area contributed by atoms with E-state index in [0.717, 1.165) is 18.7 Å². The molecule has 2 N–H and O–H groups in total. The first-order chi connectivity index (χ1) is 9.28. The molecule has 0 aliphatic carbocycles. The second-order valence-corrected chi connectivity index (χ2v) is 4.05. The number of imidazole rings is 1. The molecule has 0 unspecified atom stereocenters. The van der Waals surface area contributed by atoms with Crippen LogP contribution in [0.2, 0.25) is 5.28 Å². The highest BCUT2D eigenvalue weighted by molar-refractivity contribution is 6.28. The number of rotatable bonds is 7. The van der Waals surface area contributed by atoms with E-state index in [-0.39, 0.29) is 11.3 Å². The number of ether oxygens (including phenoxy) is 1. The van der Waals surface area contributed by atoms with Crippen molar-refractivity contribution >= 4 is 17.5 Å². The standard InChI is InChI=1S/C11H15ClN6O/c1-2-19-11-17-9(12)16-10(18-11)15-5-3-4-8-13-6-7-14-8/h6-7H,2-5H2,1H3,(H,13,14)(H,15,16,17,18). The fourth-order valence-electron chi connectivity index (χ4n) is 1.50. The van der Waals surface area contributed by atoms with E-state index >= 15 is 0 Å². The van der Waals surface area contributed by atoms with Gasteiger partial charge in [-0.05, 0) is 24.9 Å². The van der Waals surface area contributed by atoms with Crippen molar-refractivity contribution in [3.8, 4) is 6.01 Å². The van der Waals surface area contributed by atoms with Gasteiger partial charge in [0.25, 0.3) is 0 Å². The summed E-state index contributed by atoms with van der Waals surface area (Å²) in [5.41, 5.74) is 0. The van der Waals surface area contributed by atoms with Gasteiger partial charge in [-0.1, -0.05) is 0 Å². The van der Waals surface area contributed by atoms with Crippen molar-refractivity contribution in [1.29, 1.82) is 0 Å². The highest BCUT2D eigenvalue weighted by atomic mass is 35.5. The molecule has 0 aliphatic heterocycles. The van der Waals surface area contributed by atoms with Crippen LogP contribution in [0.15, 0.2) is 12.4 Å². The van der Waals surface area contributed by atoms with Crippen LogP contribution in [0, 0.1) is 0 Å². The van der Waals surface area contributed by atoms with Crippen LogP contribution in [0.4, 0.5) is 5.95 Å². The third-order valence-electron chi connectivity index (χ3n) is 2.29. The maximum atomic E-state index is 5.78. The predicted molar refractivity (Wildman–Crippen MR) is 71.4 cm³/mol. The Hall–Kier alpha value is -1.89. The number of nitrogens with one attached hydrogen (secondary N) is 2. The van der Waals surface area contributed by atoms with Crippen LogP contribution >= 0.6 is 11.6 Å². The zero-order valence-corrected chi connectivity index (χ0v) is 11.3. The highest BCUT2D eigenvalue weighted by Crippen LogP contribution is 2.11. The molecule has 0 fully saturated rings. The van der Waals surface area contributed by atoms with Gasteiger partial charge < -0.3 is 15.0 Å². The van der Waals surface area contributed by atoms with Gasteiger partial charge >= 0.3 is 6.01 Å². The molecule has 2 aromatic heterocycles. The molecule has 0 aliphatic rings. The van der Waals surface area contributed by atoms with Crippen molar-refractivity contribution in [2.24, 2.45) is 0 Å². The lowest BCUT2D eigenvalue weighted by Crippen LogP contribution is -2.09. The average molecular weight is 283 g/mol. The van der Waals surface area contributed by atoms with E-state index in [1.807, 2.05) is 13.1 Å². The quantitative estimate of drug-likeness (QED) is 0.751. The summed E-state index contributed by atoms with van der Waals surface area (Å²) < 4.78 is 5.19. The number of nitrogens with zero attached hydrogens (tertiary/aromatic N) is 4. The van der Waals surface area contributed by atoms with Crippen molar-refractivity contribution in [3.63, 3.8) is 0 Å². The molecule has 0 saturated carbocycles. The van der Waals surface area contributed by atoms with Crippen LogP contribution in [0.5, 0.6) is 6.01 Å². The van der Waals surface area contributed by atoms with E-state index in [0.29, 0.717) is 19.1 Å². The summed E-state index contributed by atoms with van der Waals surface area (Å²) in [7, 11) is 0. The van der Waals surface area contributed by atoms with Gasteiger partial charge in [0.1, 0.15) is 5.82 Å². The molecule has 2 rings (SSSR count). The fraction of sp³-hybridized carbons (Fsp3) is 0.455. The third kappa shape index (κ3) is 4.36. The van der Waals surface area contributed by atoms with Crippen LogP contribution in [0.3, 0.4) is 0 Å². The van der Waals surface area contributed by atoms with Crippen LogP contribution in [-0.2, 0) is 6.42 Å². The summed E-state index contributed by atoms with van der Waals surface area (Å²) in [6.45, 7) is 3.05. The lowest BCUT2D eigenvalue weighted by Gasteiger charge is -2.06. The van der Waals surface area contributed by atoms with Crippen molar-refractivity contribution in [2.75, 3.05) is 18.5 Å². The first-order valence-corrected chi connectivity index (χ1v) is 6.42. The minimum Gasteiger partial charge on any atom is -0.464 e. The van der Waals surface area contributed by atoms with Gasteiger partial charge in [0.2, 0.25) is 11.2 Å². The molecule has 2 heterocycles. The second kappa shape index (κ2) is 6.89. The van der Waals surface area contributed by atoms with Crippen LogP contribution in [0.25, 0.3) is 0 Å². The number of aromatic nitrogens is 5. The summed E-state index contributed by atoms with van der Waals surface area (Å²) in [5.74, 6) is 1.38. The number of aryl methyl sites for hydroxylation is 1. The first-order valence-electron chi connectivity index (χ1n) is 6.04. The number of H-pyrrole nitrogens is 1. The Bertz CT molecular complexity index is 504. The smallest absolute Gasteiger partial charge is 0.322 e. The summed E-state index contributed by atoms with van der Waals surface area (Å²) >= 11 is 5.78. The Morgan fingerprint density at radius 1 is 1.37 bits per heavy atom. The van der Waals surface area contributed by atoms with Crippen molar-refractivity contribution in [3.05, 3.63) is 23.5 Å². The SMILES string of the molecule is CCOc1nc(Cl)nc(NCCCc2ncc[nH]2)n1. The Morgan fingerprint density at radius 3 is 3.00 bits per heavy atom. The topological polar surface area (TPSA) is 88.6 Å². The molecular weight excluding hydrogens is 268 g/mol. The largest absolute Gasteiger partial charge is 0.464 e. The number of anilines is 1. The summed E-state index contributed by atoms with van der Waals surface area (Å²) in [5, 5.41) is 3.20. The molecule has 102 valence electrons. The minimum absolute atomic E-state index is 0.118. The first kappa shape index (κ1) is 13.5. The Labute approximate surface area is 115 Å². The third-order valence-corrected chi connectivity index (χ3v) is 2.46. The monoisotopic (exact) mass is 282 g/mol.